The Morgan fingerprint density at radius 3 is 2.62 bits per heavy atom. The number of rotatable bonds is 6. The van der Waals surface area contributed by atoms with E-state index in [1.165, 1.54) is 13.2 Å². The van der Waals surface area contributed by atoms with E-state index < -0.39 is 0 Å². The fraction of sp³-hybridized carbons (Fsp3) is 0.400. The molecule has 0 N–H and O–H groups in total. The minimum Gasteiger partial charge on any atom is -0.384 e. The van der Waals surface area contributed by atoms with Crippen LogP contribution in [0.1, 0.15) is 23.2 Å². The lowest BCUT2D eigenvalue weighted by Gasteiger charge is -1.99. The summed E-state index contributed by atoms with van der Waals surface area (Å²) in [6.07, 6.45) is 0.0773. The SMILES string of the molecule is COCCC(=O)CC(=O)c1cc(Cl)sc1Cl. The third-order valence-corrected chi connectivity index (χ3v) is 3.39. The van der Waals surface area contributed by atoms with Gasteiger partial charge < -0.3 is 4.74 Å². The predicted octanol–water partition coefficient (Wildman–Crippen LogP) is 3.23. The molecule has 0 aliphatic carbocycles. The van der Waals surface area contributed by atoms with Gasteiger partial charge in [0.05, 0.1) is 17.4 Å². The number of Topliss-reactive ketones (excluding diaryl/α,β-unsaturated/α-hetero) is 2. The van der Waals surface area contributed by atoms with Crippen molar-refractivity contribution in [3.05, 3.63) is 20.3 Å². The first-order chi connectivity index (χ1) is 7.54. The Morgan fingerprint density at radius 2 is 2.12 bits per heavy atom. The summed E-state index contributed by atoms with van der Waals surface area (Å²) in [5, 5.41) is 0. The maximum atomic E-state index is 11.7. The van der Waals surface area contributed by atoms with E-state index in [-0.39, 0.29) is 24.4 Å². The monoisotopic (exact) mass is 280 g/mol. The molecule has 16 heavy (non-hydrogen) atoms. The number of thiophene rings is 1. The highest BCUT2D eigenvalue weighted by atomic mass is 35.5. The van der Waals surface area contributed by atoms with Crippen LogP contribution >= 0.6 is 34.5 Å². The van der Waals surface area contributed by atoms with Crippen LogP contribution in [0.5, 0.6) is 0 Å². The number of methoxy groups -OCH3 is 1. The maximum absolute atomic E-state index is 11.7. The van der Waals surface area contributed by atoms with E-state index in [2.05, 4.69) is 0 Å². The van der Waals surface area contributed by atoms with Crippen LogP contribution in [0.15, 0.2) is 6.07 Å². The van der Waals surface area contributed by atoms with Gasteiger partial charge in [-0.15, -0.1) is 11.3 Å². The van der Waals surface area contributed by atoms with Crippen molar-refractivity contribution in [3.8, 4) is 0 Å². The number of carbonyl (C=O) groups is 2. The van der Waals surface area contributed by atoms with Gasteiger partial charge in [-0.1, -0.05) is 23.2 Å². The van der Waals surface area contributed by atoms with Gasteiger partial charge >= 0.3 is 0 Å². The van der Waals surface area contributed by atoms with Gasteiger partial charge in [0.15, 0.2) is 5.78 Å². The van der Waals surface area contributed by atoms with Crippen molar-refractivity contribution in [2.45, 2.75) is 12.8 Å². The molecule has 0 aliphatic heterocycles. The molecule has 0 aromatic carbocycles. The second-order valence-corrected chi connectivity index (χ2v) is 5.40. The van der Waals surface area contributed by atoms with Gasteiger partial charge in [-0.3, -0.25) is 9.59 Å². The second kappa shape index (κ2) is 6.35. The van der Waals surface area contributed by atoms with E-state index in [1.54, 1.807) is 0 Å². The Hall–Kier alpha value is -0.420. The van der Waals surface area contributed by atoms with Crippen LogP contribution in [-0.4, -0.2) is 25.3 Å². The quantitative estimate of drug-likeness (QED) is 0.594. The normalized spacial score (nSPS) is 10.4. The lowest BCUT2D eigenvalue weighted by molar-refractivity contribution is -0.119. The Bertz CT molecular complexity index is 401. The molecule has 1 heterocycles. The third kappa shape index (κ3) is 3.87. The van der Waals surface area contributed by atoms with Gasteiger partial charge in [0.25, 0.3) is 0 Å². The Morgan fingerprint density at radius 1 is 1.44 bits per heavy atom. The molecule has 1 aromatic rings. The van der Waals surface area contributed by atoms with Crippen LogP contribution in [0.2, 0.25) is 8.67 Å². The molecule has 6 heteroatoms. The maximum Gasteiger partial charge on any atom is 0.172 e. The molecule has 0 bridgehead atoms. The number of hydrogen-bond acceptors (Lipinski definition) is 4. The first-order valence-corrected chi connectivity index (χ1v) is 6.10. The molecule has 0 aliphatic rings. The molecule has 1 rings (SSSR count). The molecule has 88 valence electrons. The van der Waals surface area contributed by atoms with Gasteiger partial charge in [-0.2, -0.15) is 0 Å². The van der Waals surface area contributed by atoms with E-state index in [0.29, 0.717) is 20.8 Å². The van der Waals surface area contributed by atoms with Crippen molar-refractivity contribution < 1.29 is 14.3 Å². The summed E-state index contributed by atoms with van der Waals surface area (Å²) in [6, 6.07) is 1.49. The third-order valence-electron chi connectivity index (χ3n) is 1.90. The number of ether oxygens (including phenoxy) is 1. The lowest BCUT2D eigenvalue weighted by Crippen LogP contribution is -2.09. The van der Waals surface area contributed by atoms with Gasteiger partial charge in [0.1, 0.15) is 10.1 Å². The molecule has 0 radical (unpaired) electrons. The van der Waals surface area contributed by atoms with E-state index in [4.69, 9.17) is 27.9 Å². The van der Waals surface area contributed by atoms with Crippen molar-refractivity contribution in [1.29, 1.82) is 0 Å². The van der Waals surface area contributed by atoms with Gasteiger partial charge in [0.2, 0.25) is 0 Å². The number of halogens is 2. The van der Waals surface area contributed by atoms with Crippen LogP contribution in [0.3, 0.4) is 0 Å². The highest BCUT2D eigenvalue weighted by Gasteiger charge is 2.17. The predicted molar refractivity (Wildman–Crippen MR) is 64.8 cm³/mol. The van der Waals surface area contributed by atoms with Crippen LogP contribution < -0.4 is 0 Å². The highest BCUT2D eigenvalue weighted by Crippen LogP contribution is 2.31. The molecular weight excluding hydrogens is 271 g/mol. The molecule has 0 saturated carbocycles. The van der Waals surface area contributed by atoms with E-state index in [9.17, 15) is 9.59 Å². The summed E-state index contributed by atoms with van der Waals surface area (Å²) in [5.41, 5.74) is 0.322. The second-order valence-electron chi connectivity index (χ2n) is 3.12. The smallest absolute Gasteiger partial charge is 0.172 e. The summed E-state index contributed by atoms with van der Waals surface area (Å²) in [5.74, 6) is -0.459. The van der Waals surface area contributed by atoms with E-state index >= 15 is 0 Å². The first kappa shape index (κ1) is 13.6. The average molecular weight is 281 g/mol. The van der Waals surface area contributed by atoms with Crippen LogP contribution in [0.4, 0.5) is 0 Å². The summed E-state index contributed by atoms with van der Waals surface area (Å²) in [6.45, 7) is 0.324. The lowest BCUT2D eigenvalue weighted by atomic mass is 10.1. The summed E-state index contributed by atoms with van der Waals surface area (Å²) in [7, 11) is 1.50. The fourth-order valence-corrected chi connectivity index (χ4v) is 2.61. The summed E-state index contributed by atoms with van der Waals surface area (Å²) < 4.78 is 5.52. The summed E-state index contributed by atoms with van der Waals surface area (Å²) >= 11 is 12.6. The van der Waals surface area contributed by atoms with Crippen molar-refractivity contribution in [2.24, 2.45) is 0 Å². The number of hydrogen-bond donors (Lipinski definition) is 0. The van der Waals surface area contributed by atoms with Crippen LogP contribution in [0.25, 0.3) is 0 Å². The molecule has 1 aromatic heterocycles. The molecule has 0 amide bonds. The molecule has 0 saturated heterocycles. The first-order valence-electron chi connectivity index (χ1n) is 4.53. The zero-order valence-corrected chi connectivity index (χ0v) is 10.9. The molecular formula is C10H10Cl2O3S. The minimum absolute atomic E-state index is 0.157. The molecule has 0 fully saturated rings. The van der Waals surface area contributed by atoms with E-state index in [0.717, 1.165) is 11.3 Å². The van der Waals surface area contributed by atoms with E-state index in [1.807, 2.05) is 0 Å². The minimum atomic E-state index is -0.297. The molecule has 0 atom stereocenters. The molecule has 3 nitrogen and oxygen atoms in total. The van der Waals surface area contributed by atoms with Crippen molar-refractivity contribution >= 4 is 46.1 Å². The van der Waals surface area contributed by atoms with Crippen molar-refractivity contribution in [3.63, 3.8) is 0 Å². The Labute approximate surface area is 107 Å². The fourth-order valence-electron chi connectivity index (χ4n) is 1.11. The Kier molecular flexibility index (Phi) is 5.41. The van der Waals surface area contributed by atoms with Crippen molar-refractivity contribution in [2.75, 3.05) is 13.7 Å². The van der Waals surface area contributed by atoms with Crippen LogP contribution in [0, 0.1) is 0 Å². The molecule has 0 unspecified atom stereocenters. The van der Waals surface area contributed by atoms with Gasteiger partial charge in [-0.25, -0.2) is 0 Å². The average Bonchev–Trinajstić information content (AvgIpc) is 2.54. The largest absolute Gasteiger partial charge is 0.384 e. The standard InChI is InChI=1S/C10H10Cl2O3S/c1-15-3-2-6(13)4-8(14)7-5-9(11)16-10(7)12/h5H,2-4H2,1H3. The number of carbonyl (C=O) groups excluding carboxylic acids is 2. The summed E-state index contributed by atoms with van der Waals surface area (Å²) in [4.78, 5) is 23.0. The Balaban J connectivity index is 2.59. The van der Waals surface area contributed by atoms with Gasteiger partial charge in [-0.05, 0) is 6.07 Å². The zero-order chi connectivity index (χ0) is 12.1. The zero-order valence-electron chi connectivity index (χ0n) is 8.59. The van der Waals surface area contributed by atoms with Crippen molar-refractivity contribution in [1.82, 2.24) is 0 Å². The van der Waals surface area contributed by atoms with Crippen LogP contribution in [-0.2, 0) is 9.53 Å². The highest BCUT2D eigenvalue weighted by molar-refractivity contribution is 7.20. The molecule has 0 spiro atoms. The number of ketones is 2. The van der Waals surface area contributed by atoms with Gasteiger partial charge in [0, 0.05) is 19.1 Å². The topological polar surface area (TPSA) is 43.4 Å².